The van der Waals surface area contributed by atoms with Gasteiger partial charge < -0.3 is 75.2 Å². The summed E-state index contributed by atoms with van der Waals surface area (Å²) < 4.78 is 27.4. The summed E-state index contributed by atoms with van der Waals surface area (Å²) in [6, 6.07) is -2.36. The van der Waals surface area contributed by atoms with Crippen LogP contribution in [-0.2, 0) is 33.3 Å². The van der Waals surface area contributed by atoms with Crippen molar-refractivity contribution >= 4 is 11.8 Å². The molecule has 3 aliphatic heterocycles. The molecule has 0 aromatic carbocycles. The first kappa shape index (κ1) is 31.9. The Kier molecular flexibility index (Phi) is 11.0. The quantitative estimate of drug-likeness (QED) is 0.130. The Hall–Kier alpha value is -1.58. The molecule has 0 bridgehead atoms. The average Bonchev–Trinajstić information content (AvgIpc) is 2.87. The van der Waals surface area contributed by atoms with Gasteiger partial charge in [-0.15, -0.1) is 0 Å². The van der Waals surface area contributed by atoms with Crippen molar-refractivity contribution in [2.45, 2.75) is 113 Å². The molecule has 0 spiro atoms. The lowest BCUT2D eigenvalue weighted by Gasteiger charge is -2.47. The normalized spacial score (nSPS) is 46.9. The molecule has 15 atom stereocenters. The molecular weight excluding hydrogens is 532 g/mol. The van der Waals surface area contributed by atoms with Gasteiger partial charge in [-0.1, -0.05) is 0 Å². The number of nitrogens with one attached hydrogen (secondary N) is 2. The molecular formula is C22H38N2O15. The highest BCUT2D eigenvalue weighted by Crippen LogP contribution is 2.30. The molecule has 2 amide bonds. The zero-order chi connectivity index (χ0) is 29.2. The molecule has 39 heavy (non-hydrogen) atoms. The van der Waals surface area contributed by atoms with Gasteiger partial charge in [0.2, 0.25) is 11.8 Å². The standard InChI is InChI=1S/C22H38N2O15/c1-6-11(23-7(2)26)15(30)17(32)22(36-6)39-19-12(24-8(3)27)20(34)37-10(14(19)29)5-35-21-18(33)16(31)13(28)9(4-25)38-21/h6,9-22,25,28-34H,4-5H2,1-3H3,(H,23,26)(H,24,27)/t6-,9-,10-,11-,12-,13-,14+,15+,16+,17-,18-,19-,20?,21+,22+/m1/s1. The zero-order valence-corrected chi connectivity index (χ0v) is 21.5. The van der Waals surface area contributed by atoms with E-state index in [-0.39, 0.29) is 0 Å². The van der Waals surface area contributed by atoms with Crippen molar-refractivity contribution < 1.29 is 74.1 Å². The van der Waals surface area contributed by atoms with Crippen LogP contribution in [0.3, 0.4) is 0 Å². The topological polar surface area (TPSA) is 266 Å². The van der Waals surface area contributed by atoms with Crippen molar-refractivity contribution in [1.29, 1.82) is 0 Å². The number of aliphatic hydroxyl groups is 8. The molecule has 0 aliphatic carbocycles. The number of carbonyl (C=O) groups is 2. The van der Waals surface area contributed by atoms with Crippen LogP contribution in [0.5, 0.6) is 0 Å². The van der Waals surface area contributed by atoms with Gasteiger partial charge in [-0.05, 0) is 6.92 Å². The number of amides is 2. The van der Waals surface area contributed by atoms with Gasteiger partial charge >= 0.3 is 0 Å². The Balaban J connectivity index is 1.74. The van der Waals surface area contributed by atoms with Crippen molar-refractivity contribution in [2.24, 2.45) is 0 Å². The number of carbonyl (C=O) groups excluding carboxylic acids is 2. The third kappa shape index (κ3) is 7.20. The van der Waals surface area contributed by atoms with Gasteiger partial charge in [0, 0.05) is 13.8 Å². The van der Waals surface area contributed by atoms with Gasteiger partial charge in [0.15, 0.2) is 18.9 Å². The molecule has 0 radical (unpaired) electrons. The molecule has 0 aromatic heterocycles. The summed E-state index contributed by atoms with van der Waals surface area (Å²) in [7, 11) is 0. The molecule has 3 aliphatic rings. The lowest BCUT2D eigenvalue weighted by atomic mass is 9.94. The fraction of sp³-hybridized carbons (Fsp3) is 0.909. The fourth-order valence-corrected chi connectivity index (χ4v) is 4.75. The van der Waals surface area contributed by atoms with Crippen LogP contribution < -0.4 is 10.6 Å². The van der Waals surface area contributed by atoms with Crippen LogP contribution in [0.15, 0.2) is 0 Å². The largest absolute Gasteiger partial charge is 0.394 e. The second-order valence-electron chi connectivity index (χ2n) is 9.83. The van der Waals surface area contributed by atoms with E-state index in [0.717, 1.165) is 6.92 Å². The molecule has 3 rings (SSSR count). The molecule has 17 heteroatoms. The Bertz CT molecular complexity index is 835. The second kappa shape index (κ2) is 13.4. The maximum absolute atomic E-state index is 11.8. The smallest absolute Gasteiger partial charge is 0.217 e. The first-order valence-electron chi connectivity index (χ1n) is 12.4. The third-order valence-electron chi connectivity index (χ3n) is 6.85. The van der Waals surface area contributed by atoms with Crippen LogP contribution >= 0.6 is 0 Å². The summed E-state index contributed by atoms with van der Waals surface area (Å²) in [5.41, 5.74) is 0. The maximum atomic E-state index is 11.8. The SMILES string of the molecule is CC(=O)N[C@H]1[C@H](O)[C@@H](O)[C@H](O[C@H]2[C@@H](O)[C@@H](CO[C@H]3O[C@H](CO)[C@@H](O)[C@H](O)[C@H]3O)OC(O)[C@@H]2NC(C)=O)O[C@@H]1C. The van der Waals surface area contributed by atoms with E-state index in [0.29, 0.717) is 0 Å². The summed E-state index contributed by atoms with van der Waals surface area (Å²) in [4.78, 5) is 23.2. The third-order valence-corrected chi connectivity index (χ3v) is 6.85. The van der Waals surface area contributed by atoms with Crippen molar-refractivity contribution in [1.82, 2.24) is 10.6 Å². The highest BCUT2D eigenvalue weighted by atomic mass is 16.7. The van der Waals surface area contributed by atoms with Crippen molar-refractivity contribution in [2.75, 3.05) is 13.2 Å². The van der Waals surface area contributed by atoms with E-state index in [1.54, 1.807) is 0 Å². The van der Waals surface area contributed by atoms with Gasteiger partial charge in [0.25, 0.3) is 0 Å². The number of hydrogen-bond donors (Lipinski definition) is 10. The average molecular weight is 571 g/mol. The lowest BCUT2D eigenvalue weighted by Crippen LogP contribution is -2.68. The molecule has 0 saturated carbocycles. The number of ether oxygens (including phenoxy) is 5. The summed E-state index contributed by atoms with van der Waals surface area (Å²) >= 11 is 0. The Morgan fingerprint density at radius 1 is 0.718 bits per heavy atom. The molecule has 226 valence electrons. The number of rotatable bonds is 8. The van der Waals surface area contributed by atoms with Gasteiger partial charge in [-0.2, -0.15) is 0 Å². The summed E-state index contributed by atoms with van der Waals surface area (Å²) in [5.74, 6) is -1.10. The van der Waals surface area contributed by atoms with Crippen LogP contribution in [0.2, 0.25) is 0 Å². The molecule has 3 heterocycles. The van der Waals surface area contributed by atoms with Crippen LogP contribution in [0, 0.1) is 0 Å². The van der Waals surface area contributed by atoms with Gasteiger partial charge in [0.05, 0.1) is 25.4 Å². The summed E-state index contributed by atoms with van der Waals surface area (Å²) in [5, 5.41) is 87.0. The molecule has 3 saturated heterocycles. The van der Waals surface area contributed by atoms with E-state index >= 15 is 0 Å². The molecule has 17 nitrogen and oxygen atoms in total. The monoisotopic (exact) mass is 570 g/mol. The van der Waals surface area contributed by atoms with Crippen molar-refractivity contribution in [3.8, 4) is 0 Å². The first-order chi connectivity index (χ1) is 18.3. The van der Waals surface area contributed by atoms with Gasteiger partial charge in [-0.3, -0.25) is 9.59 Å². The van der Waals surface area contributed by atoms with E-state index in [1.807, 2.05) is 0 Å². The summed E-state index contributed by atoms with van der Waals surface area (Å²) in [6.07, 6.45) is -19.9. The number of hydrogen-bond acceptors (Lipinski definition) is 15. The zero-order valence-electron chi connectivity index (χ0n) is 21.5. The fourth-order valence-electron chi connectivity index (χ4n) is 4.75. The molecule has 3 fully saturated rings. The van der Waals surface area contributed by atoms with Crippen LogP contribution in [-0.4, -0.2) is 158 Å². The Morgan fingerprint density at radius 3 is 1.90 bits per heavy atom. The second-order valence-corrected chi connectivity index (χ2v) is 9.83. The Morgan fingerprint density at radius 2 is 1.31 bits per heavy atom. The van der Waals surface area contributed by atoms with Crippen LogP contribution in [0.4, 0.5) is 0 Å². The number of aliphatic hydroxyl groups excluding tert-OH is 8. The molecule has 10 N–H and O–H groups in total. The predicted molar refractivity (Wildman–Crippen MR) is 123 cm³/mol. The van der Waals surface area contributed by atoms with E-state index in [9.17, 15) is 50.4 Å². The van der Waals surface area contributed by atoms with E-state index in [1.165, 1.54) is 13.8 Å². The Labute approximate surface area is 223 Å². The predicted octanol–water partition coefficient (Wildman–Crippen LogP) is -6.26. The summed E-state index contributed by atoms with van der Waals surface area (Å²) in [6.45, 7) is 2.59. The van der Waals surface area contributed by atoms with Gasteiger partial charge in [-0.25, -0.2) is 0 Å². The first-order valence-corrected chi connectivity index (χ1v) is 12.4. The van der Waals surface area contributed by atoms with E-state index in [2.05, 4.69) is 10.6 Å². The van der Waals surface area contributed by atoms with Crippen LogP contribution in [0.1, 0.15) is 20.8 Å². The van der Waals surface area contributed by atoms with Crippen molar-refractivity contribution in [3.63, 3.8) is 0 Å². The van der Waals surface area contributed by atoms with E-state index < -0.39 is 117 Å². The minimum atomic E-state index is -1.78. The maximum Gasteiger partial charge on any atom is 0.217 e. The molecule has 1 unspecified atom stereocenters. The highest BCUT2D eigenvalue weighted by Gasteiger charge is 2.51. The minimum absolute atomic E-state index is 0.475. The van der Waals surface area contributed by atoms with Crippen molar-refractivity contribution in [3.05, 3.63) is 0 Å². The minimum Gasteiger partial charge on any atom is -0.394 e. The van der Waals surface area contributed by atoms with Crippen LogP contribution in [0.25, 0.3) is 0 Å². The highest BCUT2D eigenvalue weighted by molar-refractivity contribution is 5.73. The molecule has 0 aromatic rings. The van der Waals surface area contributed by atoms with E-state index in [4.69, 9.17) is 23.7 Å². The van der Waals surface area contributed by atoms with Gasteiger partial charge in [0.1, 0.15) is 61.0 Å². The lowest BCUT2D eigenvalue weighted by molar-refractivity contribution is -0.339.